The lowest BCUT2D eigenvalue weighted by molar-refractivity contribution is 0.108. The molecule has 0 saturated carbocycles. The van der Waals surface area contributed by atoms with E-state index in [1.54, 1.807) is 0 Å². The molecule has 3 unspecified atom stereocenters. The highest BCUT2D eigenvalue weighted by Gasteiger charge is 2.26. The molecular formula is C12H24N2. The van der Waals surface area contributed by atoms with E-state index in [1.807, 2.05) is 0 Å². The third kappa shape index (κ3) is 2.48. The van der Waals surface area contributed by atoms with Gasteiger partial charge in [-0.1, -0.05) is 6.92 Å². The third-order valence-electron chi connectivity index (χ3n) is 3.90. The minimum Gasteiger partial charge on any atom is -0.316 e. The van der Waals surface area contributed by atoms with E-state index in [9.17, 15) is 0 Å². The van der Waals surface area contributed by atoms with Crippen molar-refractivity contribution in [1.29, 1.82) is 0 Å². The van der Waals surface area contributed by atoms with Crippen LogP contribution >= 0.6 is 0 Å². The molecule has 0 aromatic heterocycles. The number of rotatable bonds is 2. The molecule has 0 amide bonds. The Morgan fingerprint density at radius 3 is 2.79 bits per heavy atom. The number of nitrogens with zero attached hydrogens (tertiary/aromatic N) is 1. The van der Waals surface area contributed by atoms with Crippen molar-refractivity contribution < 1.29 is 0 Å². The molecule has 0 aromatic rings. The smallest absolute Gasteiger partial charge is 0.00672 e. The predicted molar refractivity (Wildman–Crippen MR) is 60.4 cm³/mol. The van der Waals surface area contributed by atoms with Gasteiger partial charge in [0.1, 0.15) is 0 Å². The second-order valence-electron chi connectivity index (χ2n) is 5.34. The van der Waals surface area contributed by atoms with E-state index in [0.717, 1.165) is 17.9 Å². The molecule has 0 bridgehead atoms. The topological polar surface area (TPSA) is 15.3 Å². The fourth-order valence-corrected chi connectivity index (χ4v) is 2.84. The van der Waals surface area contributed by atoms with E-state index in [4.69, 9.17) is 0 Å². The van der Waals surface area contributed by atoms with Gasteiger partial charge in [0.05, 0.1) is 0 Å². The first-order valence-electron chi connectivity index (χ1n) is 6.20. The van der Waals surface area contributed by atoms with Crippen molar-refractivity contribution in [3.8, 4) is 0 Å². The van der Waals surface area contributed by atoms with Crippen molar-refractivity contribution in [2.24, 2.45) is 11.8 Å². The Morgan fingerprint density at radius 2 is 2.07 bits per heavy atom. The van der Waals surface area contributed by atoms with E-state index in [1.165, 1.54) is 45.4 Å². The first kappa shape index (κ1) is 10.4. The average Bonchev–Trinajstić information content (AvgIpc) is 2.64. The summed E-state index contributed by atoms with van der Waals surface area (Å²) in [7, 11) is 0. The van der Waals surface area contributed by atoms with Gasteiger partial charge in [-0.2, -0.15) is 0 Å². The van der Waals surface area contributed by atoms with E-state index < -0.39 is 0 Å². The quantitative estimate of drug-likeness (QED) is 0.723. The summed E-state index contributed by atoms with van der Waals surface area (Å²) < 4.78 is 0. The Balaban J connectivity index is 1.82. The number of piperidine rings is 1. The average molecular weight is 196 g/mol. The molecule has 2 aliphatic heterocycles. The van der Waals surface area contributed by atoms with Crippen LogP contribution in [0.3, 0.4) is 0 Å². The number of nitrogens with one attached hydrogen (secondary N) is 1. The maximum absolute atomic E-state index is 3.46. The minimum absolute atomic E-state index is 0.826. The summed E-state index contributed by atoms with van der Waals surface area (Å²) in [5.41, 5.74) is 0. The monoisotopic (exact) mass is 196 g/mol. The highest BCUT2D eigenvalue weighted by molar-refractivity contribution is 4.81. The maximum Gasteiger partial charge on any atom is 0.00672 e. The Morgan fingerprint density at radius 1 is 1.21 bits per heavy atom. The van der Waals surface area contributed by atoms with Crippen LogP contribution in [0.15, 0.2) is 0 Å². The molecule has 2 aliphatic rings. The van der Waals surface area contributed by atoms with E-state index in [-0.39, 0.29) is 0 Å². The van der Waals surface area contributed by atoms with Crippen LogP contribution in [0.2, 0.25) is 0 Å². The van der Waals surface area contributed by atoms with Crippen LogP contribution in [-0.2, 0) is 0 Å². The van der Waals surface area contributed by atoms with Crippen molar-refractivity contribution in [2.75, 3.05) is 26.2 Å². The maximum atomic E-state index is 3.46. The van der Waals surface area contributed by atoms with Gasteiger partial charge in [0.25, 0.3) is 0 Å². The molecule has 0 aliphatic carbocycles. The summed E-state index contributed by atoms with van der Waals surface area (Å²) in [5, 5.41) is 3.46. The normalized spacial score (nSPS) is 40.3. The number of hydrogen-bond donors (Lipinski definition) is 1. The van der Waals surface area contributed by atoms with Crippen LogP contribution in [0.25, 0.3) is 0 Å². The molecule has 2 nitrogen and oxygen atoms in total. The van der Waals surface area contributed by atoms with Crippen LogP contribution in [0.1, 0.15) is 33.1 Å². The molecule has 14 heavy (non-hydrogen) atoms. The molecule has 1 N–H and O–H groups in total. The summed E-state index contributed by atoms with van der Waals surface area (Å²) in [6, 6.07) is 0.826. The van der Waals surface area contributed by atoms with Crippen LogP contribution in [-0.4, -0.2) is 37.1 Å². The highest BCUT2D eigenvalue weighted by atomic mass is 15.2. The lowest BCUT2D eigenvalue weighted by atomic mass is 9.93. The Bertz CT molecular complexity index is 175. The van der Waals surface area contributed by atoms with Gasteiger partial charge in [0.2, 0.25) is 0 Å². The molecule has 0 aromatic carbocycles. The van der Waals surface area contributed by atoms with Crippen molar-refractivity contribution >= 4 is 0 Å². The van der Waals surface area contributed by atoms with E-state index in [2.05, 4.69) is 24.1 Å². The van der Waals surface area contributed by atoms with Crippen molar-refractivity contribution in [2.45, 2.75) is 39.2 Å². The van der Waals surface area contributed by atoms with Gasteiger partial charge >= 0.3 is 0 Å². The molecule has 0 spiro atoms. The second-order valence-corrected chi connectivity index (χ2v) is 5.34. The third-order valence-corrected chi connectivity index (χ3v) is 3.90. The van der Waals surface area contributed by atoms with Crippen molar-refractivity contribution in [3.63, 3.8) is 0 Å². The van der Waals surface area contributed by atoms with Gasteiger partial charge in [-0.3, -0.25) is 0 Å². The van der Waals surface area contributed by atoms with Crippen LogP contribution in [0.5, 0.6) is 0 Å². The molecule has 2 heterocycles. The zero-order valence-electron chi connectivity index (χ0n) is 9.63. The van der Waals surface area contributed by atoms with Gasteiger partial charge < -0.3 is 10.2 Å². The summed E-state index contributed by atoms with van der Waals surface area (Å²) in [6.45, 7) is 9.94. The first-order valence-corrected chi connectivity index (χ1v) is 6.20. The summed E-state index contributed by atoms with van der Waals surface area (Å²) in [6.07, 6.45) is 4.22. The van der Waals surface area contributed by atoms with E-state index >= 15 is 0 Å². The van der Waals surface area contributed by atoms with Crippen molar-refractivity contribution in [3.05, 3.63) is 0 Å². The number of likely N-dealkylation sites (tertiary alicyclic amines) is 1. The molecule has 3 atom stereocenters. The zero-order valence-corrected chi connectivity index (χ0v) is 9.63. The standard InChI is InChI=1S/C12H24N2/c1-10-3-4-11(2)14(8-10)9-12-5-6-13-7-12/h10-13H,3-9H2,1-2H3. The lowest BCUT2D eigenvalue weighted by Crippen LogP contribution is -2.43. The fraction of sp³-hybridized carbons (Fsp3) is 1.00. The molecule has 2 saturated heterocycles. The lowest BCUT2D eigenvalue weighted by Gasteiger charge is -2.38. The zero-order chi connectivity index (χ0) is 9.97. The number of hydrogen-bond acceptors (Lipinski definition) is 2. The Kier molecular flexibility index (Phi) is 3.45. The van der Waals surface area contributed by atoms with Crippen molar-refractivity contribution in [1.82, 2.24) is 10.2 Å². The molecular weight excluding hydrogens is 172 g/mol. The van der Waals surface area contributed by atoms with Crippen LogP contribution < -0.4 is 5.32 Å². The molecule has 2 heteroatoms. The van der Waals surface area contributed by atoms with Gasteiger partial charge in [-0.15, -0.1) is 0 Å². The van der Waals surface area contributed by atoms with Gasteiger partial charge in [0, 0.05) is 19.1 Å². The van der Waals surface area contributed by atoms with Gasteiger partial charge in [-0.25, -0.2) is 0 Å². The molecule has 2 rings (SSSR count). The first-order chi connectivity index (χ1) is 6.75. The Hall–Kier alpha value is -0.0800. The molecule has 0 radical (unpaired) electrons. The van der Waals surface area contributed by atoms with Gasteiger partial charge in [0.15, 0.2) is 0 Å². The summed E-state index contributed by atoms with van der Waals surface area (Å²) in [5.74, 6) is 1.84. The SMILES string of the molecule is CC1CCC(C)N(CC2CCNC2)C1. The van der Waals surface area contributed by atoms with Gasteiger partial charge in [-0.05, 0) is 51.1 Å². The predicted octanol–water partition coefficient (Wildman–Crippen LogP) is 1.72. The summed E-state index contributed by atoms with van der Waals surface area (Å²) >= 11 is 0. The van der Waals surface area contributed by atoms with Crippen LogP contribution in [0, 0.1) is 11.8 Å². The fourth-order valence-electron chi connectivity index (χ4n) is 2.84. The largest absolute Gasteiger partial charge is 0.316 e. The molecule has 2 fully saturated rings. The molecule has 82 valence electrons. The summed E-state index contributed by atoms with van der Waals surface area (Å²) in [4.78, 5) is 2.71. The highest BCUT2D eigenvalue weighted by Crippen LogP contribution is 2.23. The Labute approximate surface area is 88.1 Å². The second kappa shape index (κ2) is 4.63. The van der Waals surface area contributed by atoms with Crippen LogP contribution in [0.4, 0.5) is 0 Å². The minimum atomic E-state index is 0.826. The van der Waals surface area contributed by atoms with E-state index in [0.29, 0.717) is 0 Å².